The SMILES string of the molecule is CCOC(=O)CCCCCCCc1nc(-c2ccc(OC)cc2)c(-c2ccc(OC)cc2)[nH]1. The lowest BCUT2D eigenvalue weighted by Gasteiger charge is -2.06. The van der Waals surface area contributed by atoms with Crippen LogP contribution in [-0.2, 0) is 16.0 Å². The van der Waals surface area contributed by atoms with Gasteiger partial charge >= 0.3 is 5.97 Å². The van der Waals surface area contributed by atoms with Gasteiger partial charge in [0.15, 0.2) is 0 Å². The number of rotatable bonds is 13. The number of carbonyl (C=O) groups excluding carboxylic acids is 1. The molecule has 0 saturated heterocycles. The van der Waals surface area contributed by atoms with Crippen molar-refractivity contribution in [2.75, 3.05) is 20.8 Å². The number of esters is 1. The van der Waals surface area contributed by atoms with E-state index < -0.39 is 0 Å². The van der Waals surface area contributed by atoms with Crippen molar-refractivity contribution in [2.24, 2.45) is 0 Å². The summed E-state index contributed by atoms with van der Waals surface area (Å²) in [7, 11) is 3.34. The van der Waals surface area contributed by atoms with E-state index in [0.29, 0.717) is 13.0 Å². The van der Waals surface area contributed by atoms with Crippen LogP contribution in [0.15, 0.2) is 48.5 Å². The van der Waals surface area contributed by atoms with Crippen LogP contribution >= 0.6 is 0 Å². The number of nitrogens with zero attached hydrogens (tertiary/aromatic N) is 1. The molecule has 176 valence electrons. The Kier molecular flexibility index (Phi) is 9.36. The predicted molar refractivity (Wildman–Crippen MR) is 131 cm³/mol. The summed E-state index contributed by atoms with van der Waals surface area (Å²) in [6, 6.07) is 16.0. The molecule has 0 fully saturated rings. The molecule has 3 rings (SSSR count). The molecule has 0 bridgehead atoms. The van der Waals surface area contributed by atoms with Gasteiger partial charge in [-0.15, -0.1) is 0 Å². The molecule has 0 unspecified atom stereocenters. The monoisotopic (exact) mass is 450 g/mol. The van der Waals surface area contributed by atoms with Gasteiger partial charge in [-0.1, -0.05) is 19.3 Å². The molecule has 1 aromatic heterocycles. The number of methoxy groups -OCH3 is 2. The minimum atomic E-state index is -0.0924. The summed E-state index contributed by atoms with van der Waals surface area (Å²) < 4.78 is 15.6. The summed E-state index contributed by atoms with van der Waals surface area (Å²) in [4.78, 5) is 19.9. The van der Waals surface area contributed by atoms with E-state index in [9.17, 15) is 4.79 Å². The van der Waals surface area contributed by atoms with Crippen LogP contribution in [0.2, 0.25) is 0 Å². The highest BCUT2D eigenvalue weighted by Gasteiger charge is 2.14. The molecule has 1 heterocycles. The molecule has 0 atom stereocenters. The van der Waals surface area contributed by atoms with Gasteiger partial charge in [0, 0.05) is 24.0 Å². The van der Waals surface area contributed by atoms with Crippen molar-refractivity contribution in [3.8, 4) is 34.0 Å². The smallest absolute Gasteiger partial charge is 0.305 e. The molecule has 3 aromatic rings. The van der Waals surface area contributed by atoms with Gasteiger partial charge in [-0.2, -0.15) is 0 Å². The summed E-state index contributed by atoms with van der Waals surface area (Å²) in [6.45, 7) is 2.30. The van der Waals surface area contributed by atoms with Gasteiger partial charge in [-0.25, -0.2) is 4.98 Å². The van der Waals surface area contributed by atoms with Crippen molar-refractivity contribution in [2.45, 2.75) is 51.9 Å². The normalized spacial score (nSPS) is 10.8. The van der Waals surface area contributed by atoms with E-state index in [1.807, 2.05) is 55.5 Å². The Hall–Kier alpha value is -3.28. The average molecular weight is 451 g/mol. The van der Waals surface area contributed by atoms with Crippen LogP contribution in [0.5, 0.6) is 11.5 Å². The predicted octanol–water partition coefficient (Wildman–Crippen LogP) is 6.21. The fourth-order valence-electron chi connectivity index (χ4n) is 3.79. The lowest BCUT2D eigenvalue weighted by atomic mass is 10.0. The number of aromatic amines is 1. The number of hydrogen-bond acceptors (Lipinski definition) is 5. The van der Waals surface area contributed by atoms with Gasteiger partial charge < -0.3 is 19.2 Å². The van der Waals surface area contributed by atoms with Crippen molar-refractivity contribution in [3.63, 3.8) is 0 Å². The maximum absolute atomic E-state index is 11.4. The zero-order valence-corrected chi connectivity index (χ0v) is 19.9. The number of hydrogen-bond donors (Lipinski definition) is 1. The Balaban J connectivity index is 1.64. The van der Waals surface area contributed by atoms with Gasteiger partial charge in [0.2, 0.25) is 0 Å². The fraction of sp³-hybridized carbons (Fsp3) is 0.407. The summed E-state index contributed by atoms with van der Waals surface area (Å²) >= 11 is 0. The molecule has 0 aliphatic carbocycles. The topological polar surface area (TPSA) is 73.4 Å². The molecule has 0 amide bonds. The Labute approximate surface area is 196 Å². The Bertz CT molecular complexity index is 929. The molecule has 0 spiro atoms. The number of benzene rings is 2. The zero-order valence-electron chi connectivity index (χ0n) is 19.9. The lowest BCUT2D eigenvalue weighted by molar-refractivity contribution is -0.143. The van der Waals surface area contributed by atoms with Gasteiger partial charge in [0.1, 0.15) is 17.3 Å². The largest absolute Gasteiger partial charge is 0.497 e. The summed E-state index contributed by atoms with van der Waals surface area (Å²) in [5, 5.41) is 0. The van der Waals surface area contributed by atoms with Crippen LogP contribution in [0, 0.1) is 0 Å². The second kappa shape index (κ2) is 12.7. The number of aromatic nitrogens is 2. The van der Waals surface area contributed by atoms with Crippen molar-refractivity contribution in [1.82, 2.24) is 9.97 Å². The molecule has 0 radical (unpaired) electrons. The van der Waals surface area contributed by atoms with Crippen molar-refractivity contribution in [3.05, 3.63) is 54.4 Å². The van der Waals surface area contributed by atoms with Crippen LogP contribution in [0.1, 0.15) is 51.3 Å². The molecular weight excluding hydrogens is 416 g/mol. The number of nitrogens with one attached hydrogen (secondary N) is 1. The zero-order chi connectivity index (χ0) is 23.5. The molecule has 0 aliphatic rings. The molecule has 0 saturated carbocycles. The average Bonchev–Trinajstić information content (AvgIpc) is 3.28. The van der Waals surface area contributed by atoms with Crippen LogP contribution in [0.4, 0.5) is 0 Å². The van der Waals surface area contributed by atoms with Crippen LogP contribution in [-0.4, -0.2) is 36.8 Å². The van der Waals surface area contributed by atoms with Crippen LogP contribution < -0.4 is 9.47 Å². The number of imidazole rings is 1. The van der Waals surface area contributed by atoms with Crippen molar-refractivity contribution >= 4 is 5.97 Å². The molecule has 2 aromatic carbocycles. The van der Waals surface area contributed by atoms with Crippen LogP contribution in [0.3, 0.4) is 0 Å². The van der Waals surface area contributed by atoms with Gasteiger partial charge in [-0.3, -0.25) is 4.79 Å². The molecule has 0 aliphatic heterocycles. The lowest BCUT2D eigenvalue weighted by Crippen LogP contribution is -2.03. The molecule has 6 nitrogen and oxygen atoms in total. The highest BCUT2D eigenvalue weighted by molar-refractivity contribution is 5.79. The minimum Gasteiger partial charge on any atom is -0.497 e. The maximum Gasteiger partial charge on any atom is 0.305 e. The molecule has 33 heavy (non-hydrogen) atoms. The summed E-state index contributed by atoms with van der Waals surface area (Å²) in [6.07, 6.45) is 6.61. The van der Waals surface area contributed by atoms with E-state index in [2.05, 4.69) is 4.98 Å². The first-order valence-electron chi connectivity index (χ1n) is 11.7. The number of carbonyl (C=O) groups is 1. The second-order valence-electron chi connectivity index (χ2n) is 7.94. The number of unbranched alkanes of at least 4 members (excludes halogenated alkanes) is 4. The Morgan fingerprint density at radius 3 is 2.00 bits per heavy atom. The number of aryl methyl sites for hydroxylation is 1. The third kappa shape index (κ3) is 7.11. The highest BCUT2D eigenvalue weighted by Crippen LogP contribution is 2.32. The van der Waals surface area contributed by atoms with Crippen LogP contribution in [0.25, 0.3) is 22.5 Å². The molecule has 1 N–H and O–H groups in total. The molecule has 6 heteroatoms. The second-order valence-corrected chi connectivity index (χ2v) is 7.94. The first-order chi connectivity index (χ1) is 16.1. The first-order valence-corrected chi connectivity index (χ1v) is 11.7. The number of H-pyrrole nitrogens is 1. The summed E-state index contributed by atoms with van der Waals surface area (Å²) in [5.41, 5.74) is 4.06. The van der Waals surface area contributed by atoms with E-state index in [1.165, 1.54) is 0 Å². The standard InChI is InChI=1S/C27H34N2O4/c1-4-33-25(30)11-9-7-5-6-8-10-24-28-26(20-12-16-22(31-2)17-13-20)27(29-24)21-14-18-23(32-3)19-15-21/h12-19H,4-11H2,1-3H3,(H,28,29). The number of ether oxygens (including phenoxy) is 3. The maximum atomic E-state index is 11.4. The van der Waals surface area contributed by atoms with Gasteiger partial charge in [-0.05, 0) is 68.3 Å². The summed E-state index contributed by atoms with van der Waals surface area (Å²) in [5.74, 6) is 2.54. The van der Waals surface area contributed by atoms with E-state index in [4.69, 9.17) is 19.2 Å². The van der Waals surface area contributed by atoms with E-state index in [-0.39, 0.29) is 5.97 Å². The third-order valence-electron chi connectivity index (χ3n) is 5.59. The van der Waals surface area contributed by atoms with E-state index in [1.54, 1.807) is 14.2 Å². The van der Waals surface area contributed by atoms with Gasteiger partial charge in [0.05, 0.1) is 32.2 Å². The first kappa shape index (κ1) is 24.4. The minimum absolute atomic E-state index is 0.0924. The van der Waals surface area contributed by atoms with E-state index in [0.717, 1.165) is 78.4 Å². The third-order valence-corrected chi connectivity index (χ3v) is 5.59. The quantitative estimate of drug-likeness (QED) is 0.248. The van der Waals surface area contributed by atoms with E-state index >= 15 is 0 Å². The Morgan fingerprint density at radius 2 is 1.39 bits per heavy atom. The Morgan fingerprint density at radius 1 is 0.818 bits per heavy atom. The van der Waals surface area contributed by atoms with Crippen molar-refractivity contribution in [1.29, 1.82) is 0 Å². The molecular formula is C27H34N2O4. The van der Waals surface area contributed by atoms with Crippen molar-refractivity contribution < 1.29 is 19.0 Å². The highest BCUT2D eigenvalue weighted by atomic mass is 16.5. The fourth-order valence-corrected chi connectivity index (χ4v) is 3.79. The van der Waals surface area contributed by atoms with Gasteiger partial charge in [0.25, 0.3) is 0 Å².